The predicted molar refractivity (Wildman–Crippen MR) is 131 cm³/mol. The van der Waals surface area contributed by atoms with Crippen molar-refractivity contribution in [3.63, 3.8) is 0 Å². The average Bonchev–Trinajstić information content (AvgIpc) is 3.51. The fraction of sp³-hybridized carbons (Fsp3) is 0.360. The lowest BCUT2D eigenvalue weighted by Crippen LogP contribution is -2.27. The number of fused-ring (bicyclic) bond motifs is 1. The molecule has 5 rings (SSSR count). The molecule has 1 amide bonds. The van der Waals surface area contributed by atoms with Crippen molar-refractivity contribution < 1.29 is 18.3 Å². The standard InChI is InChI=1S/C25H27F2N7O2/c1-25(2,3)36-24(35)30-22-21(15-13-28-32(4)14-15)23-29-20(9-11-34(23)31-22)33-10-5-6-19(33)17-12-16(26)7-8-18(17)27/h7-9,11-14,19H,5-6,10H2,1-4H3,(H,30,31,35)/t19-/m1/s1. The Morgan fingerprint density at radius 3 is 2.75 bits per heavy atom. The molecule has 3 aromatic heterocycles. The molecule has 1 aliphatic heterocycles. The summed E-state index contributed by atoms with van der Waals surface area (Å²) in [5.41, 5.74) is 1.39. The third-order valence-corrected chi connectivity index (χ3v) is 5.95. The number of hydrogen-bond acceptors (Lipinski definition) is 6. The zero-order chi connectivity index (χ0) is 25.6. The first-order valence-corrected chi connectivity index (χ1v) is 11.7. The maximum absolute atomic E-state index is 14.6. The van der Waals surface area contributed by atoms with Gasteiger partial charge in [-0.25, -0.2) is 23.1 Å². The lowest BCUT2D eigenvalue weighted by molar-refractivity contribution is 0.0635. The van der Waals surface area contributed by atoms with Crippen LogP contribution in [0.2, 0.25) is 0 Å². The number of benzene rings is 1. The number of carbonyl (C=O) groups is 1. The Morgan fingerprint density at radius 1 is 1.22 bits per heavy atom. The van der Waals surface area contributed by atoms with E-state index in [0.29, 0.717) is 41.1 Å². The van der Waals surface area contributed by atoms with Crippen LogP contribution in [-0.4, -0.2) is 42.6 Å². The topological polar surface area (TPSA) is 89.6 Å². The van der Waals surface area contributed by atoms with E-state index < -0.39 is 23.3 Å². The number of halogens is 2. The molecule has 0 spiro atoms. The molecule has 36 heavy (non-hydrogen) atoms. The molecule has 1 fully saturated rings. The SMILES string of the molecule is Cn1cc(-c2c(NC(=O)OC(C)(C)C)nn3ccc(N4CCC[C@@H]4c4cc(F)ccc4F)nc23)cn1. The summed E-state index contributed by atoms with van der Waals surface area (Å²) in [6, 6.07) is 4.96. The van der Waals surface area contributed by atoms with Crippen molar-refractivity contribution in [1.82, 2.24) is 24.4 Å². The Labute approximate surface area is 206 Å². The molecule has 0 saturated carbocycles. The third-order valence-electron chi connectivity index (χ3n) is 5.95. The lowest BCUT2D eigenvalue weighted by atomic mass is 10.0. The molecule has 1 aliphatic rings. The highest BCUT2D eigenvalue weighted by molar-refractivity contribution is 5.95. The van der Waals surface area contributed by atoms with E-state index in [-0.39, 0.29) is 11.9 Å². The molecular weight excluding hydrogens is 468 g/mol. The fourth-order valence-electron chi connectivity index (χ4n) is 4.52. The monoisotopic (exact) mass is 495 g/mol. The summed E-state index contributed by atoms with van der Waals surface area (Å²) in [5, 5.41) is 11.5. The number of ether oxygens (including phenoxy) is 1. The smallest absolute Gasteiger partial charge is 0.413 e. The van der Waals surface area contributed by atoms with Crippen LogP contribution in [0.4, 0.5) is 25.2 Å². The second-order valence-electron chi connectivity index (χ2n) is 9.82. The van der Waals surface area contributed by atoms with E-state index in [1.807, 2.05) is 4.90 Å². The van der Waals surface area contributed by atoms with Gasteiger partial charge in [0.2, 0.25) is 0 Å². The maximum atomic E-state index is 14.6. The van der Waals surface area contributed by atoms with Gasteiger partial charge in [0.25, 0.3) is 0 Å². The van der Waals surface area contributed by atoms with Crippen molar-refractivity contribution in [3.05, 3.63) is 60.1 Å². The number of nitrogens with zero attached hydrogens (tertiary/aromatic N) is 6. The first-order valence-electron chi connectivity index (χ1n) is 11.7. The molecule has 0 unspecified atom stereocenters. The minimum absolute atomic E-state index is 0.274. The van der Waals surface area contributed by atoms with Gasteiger partial charge < -0.3 is 9.64 Å². The van der Waals surface area contributed by atoms with E-state index >= 15 is 0 Å². The Kier molecular flexibility index (Phi) is 5.85. The summed E-state index contributed by atoms with van der Waals surface area (Å²) in [7, 11) is 1.79. The van der Waals surface area contributed by atoms with Gasteiger partial charge >= 0.3 is 6.09 Å². The van der Waals surface area contributed by atoms with Crippen molar-refractivity contribution in [1.29, 1.82) is 0 Å². The van der Waals surface area contributed by atoms with E-state index in [2.05, 4.69) is 15.5 Å². The second kappa shape index (κ2) is 8.89. The number of aryl methyl sites for hydroxylation is 1. The van der Waals surface area contributed by atoms with Crippen molar-refractivity contribution in [2.45, 2.75) is 45.3 Å². The highest BCUT2D eigenvalue weighted by Crippen LogP contribution is 2.38. The molecule has 1 saturated heterocycles. The summed E-state index contributed by atoms with van der Waals surface area (Å²) in [6.07, 6.45) is 6.03. The van der Waals surface area contributed by atoms with Crippen LogP contribution in [0.3, 0.4) is 0 Å². The summed E-state index contributed by atoms with van der Waals surface area (Å²) in [4.78, 5) is 19.4. The van der Waals surface area contributed by atoms with Gasteiger partial charge in [0, 0.05) is 37.1 Å². The molecule has 4 aromatic rings. The van der Waals surface area contributed by atoms with Crippen molar-refractivity contribution in [3.8, 4) is 11.1 Å². The molecule has 1 atom stereocenters. The second-order valence-corrected chi connectivity index (χ2v) is 9.82. The molecule has 188 valence electrons. The quantitative estimate of drug-likeness (QED) is 0.424. The lowest BCUT2D eigenvalue weighted by Gasteiger charge is -2.26. The number of rotatable bonds is 4. The van der Waals surface area contributed by atoms with Gasteiger partial charge in [0.1, 0.15) is 23.1 Å². The molecule has 0 aliphatic carbocycles. The van der Waals surface area contributed by atoms with E-state index in [4.69, 9.17) is 9.72 Å². The van der Waals surface area contributed by atoms with Crippen LogP contribution in [-0.2, 0) is 11.8 Å². The molecule has 1 N–H and O–H groups in total. The van der Waals surface area contributed by atoms with Gasteiger partial charge in [-0.1, -0.05) is 0 Å². The fourth-order valence-corrected chi connectivity index (χ4v) is 4.52. The van der Waals surface area contributed by atoms with Crippen LogP contribution in [0.25, 0.3) is 16.8 Å². The van der Waals surface area contributed by atoms with E-state index in [9.17, 15) is 13.6 Å². The third kappa shape index (κ3) is 4.60. The Morgan fingerprint density at radius 2 is 2.03 bits per heavy atom. The highest BCUT2D eigenvalue weighted by Gasteiger charge is 2.31. The van der Waals surface area contributed by atoms with Crippen molar-refractivity contribution in [2.75, 3.05) is 16.8 Å². The molecule has 0 radical (unpaired) electrons. The van der Waals surface area contributed by atoms with E-state index in [1.165, 1.54) is 6.07 Å². The van der Waals surface area contributed by atoms with Crippen LogP contribution in [0.15, 0.2) is 42.9 Å². The molecular formula is C25H27F2N7O2. The van der Waals surface area contributed by atoms with Crippen LogP contribution >= 0.6 is 0 Å². The molecule has 4 heterocycles. The largest absolute Gasteiger partial charge is 0.444 e. The van der Waals surface area contributed by atoms with Crippen LogP contribution in [0.1, 0.15) is 45.2 Å². The van der Waals surface area contributed by atoms with Crippen molar-refractivity contribution >= 4 is 23.4 Å². The van der Waals surface area contributed by atoms with Crippen LogP contribution in [0.5, 0.6) is 0 Å². The van der Waals surface area contributed by atoms with Crippen LogP contribution in [0, 0.1) is 11.6 Å². The average molecular weight is 496 g/mol. The number of anilines is 2. The first kappa shape index (κ1) is 23.7. The molecule has 9 nitrogen and oxygen atoms in total. The number of carbonyl (C=O) groups excluding carboxylic acids is 1. The minimum Gasteiger partial charge on any atom is -0.444 e. The normalized spacial score (nSPS) is 16.1. The Balaban J connectivity index is 1.57. The van der Waals surface area contributed by atoms with Crippen LogP contribution < -0.4 is 10.2 Å². The Bertz CT molecular complexity index is 1440. The van der Waals surface area contributed by atoms with Gasteiger partial charge in [-0.3, -0.25) is 10.00 Å². The number of hydrogen-bond donors (Lipinski definition) is 1. The van der Waals surface area contributed by atoms with Crippen molar-refractivity contribution in [2.24, 2.45) is 7.05 Å². The number of amides is 1. The predicted octanol–water partition coefficient (Wildman–Crippen LogP) is 5.10. The maximum Gasteiger partial charge on any atom is 0.413 e. The van der Waals surface area contributed by atoms with Gasteiger partial charge in [-0.2, -0.15) is 5.10 Å². The molecule has 0 bridgehead atoms. The van der Waals surface area contributed by atoms with Gasteiger partial charge in [0.05, 0.1) is 17.8 Å². The highest BCUT2D eigenvalue weighted by atomic mass is 19.1. The van der Waals surface area contributed by atoms with Gasteiger partial charge in [-0.15, -0.1) is 5.10 Å². The van der Waals surface area contributed by atoms with E-state index in [0.717, 1.165) is 18.6 Å². The Hall–Kier alpha value is -4.02. The van der Waals surface area contributed by atoms with Gasteiger partial charge in [0.15, 0.2) is 11.5 Å². The molecule has 11 heteroatoms. The van der Waals surface area contributed by atoms with E-state index in [1.54, 1.807) is 61.7 Å². The zero-order valence-electron chi connectivity index (χ0n) is 20.5. The number of nitrogens with one attached hydrogen (secondary N) is 1. The summed E-state index contributed by atoms with van der Waals surface area (Å²) < 4.78 is 37.1. The van der Waals surface area contributed by atoms with Gasteiger partial charge in [-0.05, 0) is 57.9 Å². The molecule has 1 aromatic carbocycles. The zero-order valence-corrected chi connectivity index (χ0v) is 20.5. The summed E-state index contributed by atoms with van der Waals surface area (Å²) >= 11 is 0. The minimum atomic E-state index is -0.680. The number of aromatic nitrogens is 5. The summed E-state index contributed by atoms with van der Waals surface area (Å²) in [6.45, 7) is 5.98. The summed E-state index contributed by atoms with van der Waals surface area (Å²) in [5.74, 6) is -0.0497. The first-order chi connectivity index (χ1) is 17.1.